The molecule has 0 unspecified atom stereocenters. The van der Waals surface area contributed by atoms with Gasteiger partial charge in [-0.05, 0) is 55.0 Å². The molecule has 1 heterocycles. The minimum Gasteiger partial charge on any atom is -0.311 e. The summed E-state index contributed by atoms with van der Waals surface area (Å²) < 4.78 is 41.5. The van der Waals surface area contributed by atoms with Crippen molar-refractivity contribution in [2.45, 2.75) is 30.1 Å². The standard InChI is InChI=1S/C18H19FN2O3S2/c1-12-4-5-14(10-16(12)19)20-26(23,24)15-6-7-18-17(11-15)21(13(2)22)8-3-9-25-18/h4-7,10-11,20H,3,8-9H2,1-2H3. The summed E-state index contributed by atoms with van der Waals surface area (Å²) in [7, 11) is -3.90. The predicted octanol–water partition coefficient (Wildman–Crippen LogP) is 3.78. The molecule has 138 valence electrons. The van der Waals surface area contributed by atoms with Crippen LogP contribution in [0, 0.1) is 12.7 Å². The fraction of sp³-hybridized carbons (Fsp3) is 0.278. The fourth-order valence-corrected chi connectivity index (χ4v) is 4.76. The van der Waals surface area contributed by atoms with Gasteiger partial charge in [-0.15, -0.1) is 11.8 Å². The molecule has 1 N–H and O–H groups in total. The first-order chi connectivity index (χ1) is 12.3. The zero-order chi connectivity index (χ0) is 18.9. The average Bonchev–Trinajstić information content (AvgIpc) is 2.79. The molecule has 8 heteroatoms. The lowest BCUT2D eigenvalue weighted by Gasteiger charge is -2.21. The van der Waals surface area contributed by atoms with Crippen molar-refractivity contribution in [1.82, 2.24) is 0 Å². The van der Waals surface area contributed by atoms with Crippen LogP contribution in [0.1, 0.15) is 18.9 Å². The lowest BCUT2D eigenvalue weighted by Crippen LogP contribution is -2.29. The summed E-state index contributed by atoms with van der Waals surface area (Å²) in [6, 6.07) is 8.89. The van der Waals surface area contributed by atoms with Crippen LogP contribution in [0.25, 0.3) is 0 Å². The second kappa shape index (κ2) is 7.28. The molecule has 0 radical (unpaired) electrons. The van der Waals surface area contributed by atoms with E-state index in [9.17, 15) is 17.6 Å². The second-order valence-corrected chi connectivity index (χ2v) is 8.89. The van der Waals surface area contributed by atoms with Crippen LogP contribution in [0.4, 0.5) is 15.8 Å². The Morgan fingerprint density at radius 1 is 1.23 bits per heavy atom. The molecule has 1 aliphatic heterocycles. The van der Waals surface area contributed by atoms with Crippen molar-refractivity contribution < 1.29 is 17.6 Å². The number of nitrogens with zero attached hydrogens (tertiary/aromatic N) is 1. The van der Waals surface area contributed by atoms with E-state index in [4.69, 9.17) is 0 Å². The normalized spacial score (nSPS) is 14.5. The SMILES string of the molecule is CC(=O)N1CCCSc2ccc(S(=O)(=O)Nc3ccc(C)c(F)c3)cc21. The number of benzene rings is 2. The number of anilines is 2. The Morgan fingerprint density at radius 3 is 2.69 bits per heavy atom. The summed E-state index contributed by atoms with van der Waals surface area (Å²) in [6.45, 7) is 3.62. The average molecular weight is 394 g/mol. The van der Waals surface area contributed by atoms with Gasteiger partial charge in [0, 0.05) is 18.4 Å². The van der Waals surface area contributed by atoms with E-state index >= 15 is 0 Å². The number of thioether (sulfide) groups is 1. The highest BCUT2D eigenvalue weighted by Crippen LogP contribution is 2.36. The van der Waals surface area contributed by atoms with E-state index in [1.165, 1.54) is 31.2 Å². The van der Waals surface area contributed by atoms with Gasteiger partial charge in [-0.2, -0.15) is 0 Å². The third-order valence-electron chi connectivity index (χ3n) is 4.12. The molecule has 0 saturated heterocycles. The van der Waals surface area contributed by atoms with E-state index in [-0.39, 0.29) is 16.5 Å². The van der Waals surface area contributed by atoms with Crippen molar-refractivity contribution in [2.75, 3.05) is 21.9 Å². The van der Waals surface area contributed by atoms with Gasteiger partial charge in [0.15, 0.2) is 0 Å². The Bertz CT molecular complexity index is 961. The maximum absolute atomic E-state index is 13.7. The van der Waals surface area contributed by atoms with Crippen LogP contribution < -0.4 is 9.62 Å². The van der Waals surface area contributed by atoms with Crippen LogP contribution in [0.3, 0.4) is 0 Å². The lowest BCUT2D eigenvalue weighted by atomic mass is 10.2. The number of amides is 1. The smallest absolute Gasteiger partial charge is 0.261 e. The Balaban J connectivity index is 1.97. The van der Waals surface area contributed by atoms with E-state index in [0.717, 1.165) is 23.1 Å². The number of sulfonamides is 1. The van der Waals surface area contributed by atoms with Gasteiger partial charge >= 0.3 is 0 Å². The molecule has 0 saturated carbocycles. The van der Waals surface area contributed by atoms with E-state index in [2.05, 4.69) is 4.72 Å². The van der Waals surface area contributed by atoms with Gasteiger partial charge in [0.05, 0.1) is 16.3 Å². The minimum absolute atomic E-state index is 0.0333. The number of fused-ring (bicyclic) bond motifs is 1. The van der Waals surface area contributed by atoms with Gasteiger partial charge in [-0.25, -0.2) is 12.8 Å². The van der Waals surface area contributed by atoms with E-state index in [0.29, 0.717) is 17.8 Å². The lowest BCUT2D eigenvalue weighted by molar-refractivity contribution is -0.116. The third kappa shape index (κ3) is 3.86. The summed E-state index contributed by atoms with van der Waals surface area (Å²) >= 11 is 1.60. The topological polar surface area (TPSA) is 66.5 Å². The Kier molecular flexibility index (Phi) is 5.24. The summed E-state index contributed by atoms with van der Waals surface area (Å²) in [6.07, 6.45) is 0.835. The van der Waals surface area contributed by atoms with Crippen LogP contribution in [-0.4, -0.2) is 26.6 Å². The second-order valence-electron chi connectivity index (χ2n) is 6.07. The number of halogens is 1. The molecular formula is C18H19FN2O3S2. The Hall–Kier alpha value is -2.06. The molecule has 1 aliphatic rings. The van der Waals surface area contributed by atoms with Crippen LogP contribution in [0.5, 0.6) is 0 Å². The zero-order valence-electron chi connectivity index (χ0n) is 14.5. The van der Waals surface area contributed by atoms with Crippen LogP contribution in [0.2, 0.25) is 0 Å². The van der Waals surface area contributed by atoms with Crippen LogP contribution in [0.15, 0.2) is 46.2 Å². The first kappa shape index (κ1) is 18.7. The van der Waals surface area contributed by atoms with Crippen LogP contribution >= 0.6 is 11.8 Å². The van der Waals surface area contributed by atoms with Gasteiger partial charge in [0.2, 0.25) is 5.91 Å². The van der Waals surface area contributed by atoms with Gasteiger partial charge in [-0.3, -0.25) is 9.52 Å². The van der Waals surface area contributed by atoms with Crippen molar-refractivity contribution >= 4 is 39.1 Å². The monoisotopic (exact) mass is 394 g/mol. The van der Waals surface area contributed by atoms with Crippen molar-refractivity contribution in [2.24, 2.45) is 0 Å². The van der Waals surface area contributed by atoms with E-state index < -0.39 is 15.8 Å². The van der Waals surface area contributed by atoms with Gasteiger partial charge in [0.25, 0.3) is 10.0 Å². The van der Waals surface area contributed by atoms with Crippen LogP contribution in [-0.2, 0) is 14.8 Å². The number of carbonyl (C=O) groups excluding carboxylic acids is 1. The number of rotatable bonds is 3. The van der Waals surface area contributed by atoms with Crippen molar-refractivity contribution in [3.63, 3.8) is 0 Å². The highest BCUT2D eigenvalue weighted by molar-refractivity contribution is 7.99. The van der Waals surface area contributed by atoms with Gasteiger partial charge in [-0.1, -0.05) is 6.07 Å². The predicted molar refractivity (Wildman–Crippen MR) is 102 cm³/mol. The molecule has 0 atom stereocenters. The minimum atomic E-state index is -3.90. The number of carbonyl (C=O) groups is 1. The molecule has 3 rings (SSSR count). The van der Waals surface area contributed by atoms with Gasteiger partial charge < -0.3 is 4.90 Å². The summed E-state index contributed by atoms with van der Waals surface area (Å²) in [5.41, 5.74) is 1.19. The zero-order valence-corrected chi connectivity index (χ0v) is 16.1. The Labute approximate surface area is 156 Å². The first-order valence-electron chi connectivity index (χ1n) is 8.12. The molecule has 0 fully saturated rings. The van der Waals surface area contributed by atoms with E-state index in [1.54, 1.807) is 29.7 Å². The quantitative estimate of drug-likeness (QED) is 0.860. The Morgan fingerprint density at radius 2 is 2.00 bits per heavy atom. The summed E-state index contributed by atoms with van der Waals surface area (Å²) in [5, 5.41) is 0. The molecule has 0 bridgehead atoms. The molecular weight excluding hydrogens is 375 g/mol. The number of hydrogen-bond donors (Lipinski definition) is 1. The molecule has 1 amide bonds. The molecule has 2 aromatic carbocycles. The molecule has 26 heavy (non-hydrogen) atoms. The number of nitrogens with one attached hydrogen (secondary N) is 1. The van der Waals surface area contributed by atoms with Gasteiger partial charge in [0.1, 0.15) is 5.82 Å². The number of hydrogen-bond acceptors (Lipinski definition) is 4. The summed E-state index contributed by atoms with van der Waals surface area (Å²) in [5.74, 6) is 0.257. The van der Waals surface area contributed by atoms with Crippen molar-refractivity contribution in [3.05, 3.63) is 47.8 Å². The van der Waals surface area contributed by atoms with Crippen molar-refractivity contribution in [1.29, 1.82) is 0 Å². The highest BCUT2D eigenvalue weighted by atomic mass is 32.2. The fourth-order valence-electron chi connectivity index (χ4n) is 2.72. The highest BCUT2D eigenvalue weighted by Gasteiger charge is 2.23. The molecule has 0 aliphatic carbocycles. The largest absolute Gasteiger partial charge is 0.311 e. The third-order valence-corrected chi connectivity index (χ3v) is 6.65. The van der Waals surface area contributed by atoms with E-state index in [1.807, 2.05) is 0 Å². The first-order valence-corrected chi connectivity index (χ1v) is 10.6. The molecule has 2 aromatic rings. The molecule has 0 spiro atoms. The van der Waals surface area contributed by atoms with Crippen molar-refractivity contribution in [3.8, 4) is 0 Å². The summed E-state index contributed by atoms with van der Waals surface area (Å²) in [4.78, 5) is 14.4. The number of aryl methyl sites for hydroxylation is 1. The molecule has 0 aromatic heterocycles. The maximum Gasteiger partial charge on any atom is 0.261 e. The maximum atomic E-state index is 13.7. The molecule has 5 nitrogen and oxygen atoms in total.